The summed E-state index contributed by atoms with van der Waals surface area (Å²) in [5.74, 6) is 0.542. The highest BCUT2D eigenvalue weighted by molar-refractivity contribution is 5.95. The van der Waals surface area contributed by atoms with Crippen molar-refractivity contribution in [3.05, 3.63) is 66.4 Å². The molecule has 2 N–H and O–H groups in total. The molecule has 7 heteroatoms. The molecule has 31 heavy (non-hydrogen) atoms. The van der Waals surface area contributed by atoms with Crippen molar-refractivity contribution in [2.24, 2.45) is 0 Å². The molecule has 0 aliphatic carbocycles. The zero-order valence-electron chi connectivity index (χ0n) is 18.2. The van der Waals surface area contributed by atoms with Crippen LogP contribution in [0.15, 0.2) is 60.8 Å². The van der Waals surface area contributed by atoms with Crippen molar-refractivity contribution in [2.45, 2.75) is 25.9 Å². The van der Waals surface area contributed by atoms with Crippen molar-refractivity contribution in [3.63, 3.8) is 0 Å². The molecule has 2 unspecified atom stereocenters. The predicted molar refractivity (Wildman–Crippen MR) is 124 cm³/mol. The molecule has 2 atom stereocenters. The number of rotatable bonds is 8. The molecule has 1 saturated heterocycles. The second kappa shape index (κ2) is 11.3. The third-order valence-electron chi connectivity index (χ3n) is 5.25. The van der Waals surface area contributed by atoms with E-state index < -0.39 is 6.04 Å². The van der Waals surface area contributed by atoms with Gasteiger partial charge in [0.1, 0.15) is 11.9 Å². The Kier molecular flexibility index (Phi) is 8.18. The molecule has 7 nitrogen and oxygen atoms in total. The van der Waals surface area contributed by atoms with E-state index >= 15 is 0 Å². The standard InChI is InChI=1S/C24H31N5O2/c1-19(18-28-14-16-29(17-15-28)22-10-6-7-13-25-22)26-24(31)20(2)27-23(30)12-11-21-8-4-3-5-9-21/h3-13,19-20H,14-18H2,1-2H3,(H,26,31)(H,27,30)/b12-11+. The minimum atomic E-state index is -0.601. The van der Waals surface area contributed by atoms with Crippen molar-refractivity contribution in [3.8, 4) is 0 Å². The Morgan fingerprint density at radius 3 is 2.39 bits per heavy atom. The zero-order chi connectivity index (χ0) is 22.1. The van der Waals surface area contributed by atoms with E-state index in [9.17, 15) is 9.59 Å². The van der Waals surface area contributed by atoms with E-state index in [1.807, 2.05) is 61.7 Å². The van der Waals surface area contributed by atoms with E-state index in [1.165, 1.54) is 6.08 Å². The van der Waals surface area contributed by atoms with Gasteiger partial charge < -0.3 is 15.5 Å². The van der Waals surface area contributed by atoms with Gasteiger partial charge in [-0.1, -0.05) is 36.4 Å². The second-order valence-electron chi connectivity index (χ2n) is 7.86. The Morgan fingerprint density at radius 1 is 1.00 bits per heavy atom. The molecule has 0 spiro atoms. The molecule has 0 saturated carbocycles. The maximum absolute atomic E-state index is 12.5. The lowest BCUT2D eigenvalue weighted by molar-refractivity contribution is -0.127. The van der Waals surface area contributed by atoms with Crippen LogP contribution in [-0.4, -0.2) is 66.5 Å². The number of amides is 2. The van der Waals surface area contributed by atoms with Crippen molar-refractivity contribution >= 4 is 23.7 Å². The van der Waals surface area contributed by atoms with E-state index in [4.69, 9.17) is 0 Å². The van der Waals surface area contributed by atoms with Gasteiger partial charge in [-0.05, 0) is 37.6 Å². The molecule has 3 rings (SSSR count). The summed E-state index contributed by atoms with van der Waals surface area (Å²) < 4.78 is 0. The fourth-order valence-corrected chi connectivity index (χ4v) is 3.56. The number of nitrogens with one attached hydrogen (secondary N) is 2. The first-order valence-electron chi connectivity index (χ1n) is 10.7. The SMILES string of the molecule is CC(CN1CCN(c2ccccn2)CC1)NC(=O)C(C)NC(=O)/C=C/c1ccccc1. The highest BCUT2D eigenvalue weighted by Crippen LogP contribution is 2.12. The summed E-state index contributed by atoms with van der Waals surface area (Å²) in [6, 6.07) is 14.9. The van der Waals surface area contributed by atoms with Crippen LogP contribution in [0, 0.1) is 0 Å². The first-order chi connectivity index (χ1) is 15.0. The third kappa shape index (κ3) is 7.22. The summed E-state index contributed by atoms with van der Waals surface area (Å²) >= 11 is 0. The van der Waals surface area contributed by atoms with Crippen LogP contribution in [0.25, 0.3) is 6.08 Å². The summed E-state index contributed by atoms with van der Waals surface area (Å²) in [4.78, 5) is 33.6. The normalized spacial score (nSPS) is 16.6. The maximum Gasteiger partial charge on any atom is 0.244 e. The molecular weight excluding hydrogens is 390 g/mol. The van der Waals surface area contributed by atoms with Crippen LogP contribution in [-0.2, 0) is 9.59 Å². The van der Waals surface area contributed by atoms with Gasteiger partial charge in [0.25, 0.3) is 0 Å². The molecule has 1 aliphatic heterocycles. The monoisotopic (exact) mass is 421 g/mol. The molecule has 2 heterocycles. The number of carbonyl (C=O) groups is 2. The Balaban J connectivity index is 1.38. The van der Waals surface area contributed by atoms with E-state index in [0.717, 1.165) is 44.1 Å². The van der Waals surface area contributed by atoms with Gasteiger partial charge in [-0.2, -0.15) is 0 Å². The number of pyridine rings is 1. The Bertz CT molecular complexity index is 864. The third-order valence-corrected chi connectivity index (χ3v) is 5.25. The van der Waals surface area contributed by atoms with Crippen LogP contribution < -0.4 is 15.5 Å². The van der Waals surface area contributed by atoms with Crippen molar-refractivity contribution in [1.82, 2.24) is 20.5 Å². The van der Waals surface area contributed by atoms with E-state index in [0.29, 0.717) is 0 Å². The first kappa shape index (κ1) is 22.5. The van der Waals surface area contributed by atoms with Crippen molar-refractivity contribution < 1.29 is 9.59 Å². The summed E-state index contributed by atoms with van der Waals surface area (Å²) in [7, 11) is 0. The average Bonchev–Trinajstić information content (AvgIpc) is 2.79. The largest absolute Gasteiger partial charge is 0.354 e. The molecule has 1 aliphatic rings. The molecule has 1 aromatic carbocycles. The fourth-order valence-electron chi connectivity index (χ4n) is 3.56. The lowest BCUT2D eigenvalue weighted by Gasteiger charge is -2.36. The van der Waals surface area contributed by atoms with Gasteiger partial charge in [0, 0.05) is 51.0 Å². The number of anilines is 1. The number of carbonyl (C=O) groups excluding carboxylic acids is 2. The number of hydrogen-bond acceptors (Lipinski definition) is 5. The quantitative estimate of drug-likeness (QED) is 0.637. The van der Waals surface area contributed by atoms with Gasteiger partial charge >= 0.3 is 0 Å². The summed E-state index contributed by atoms with van der Waals surface area (Å²) in [6.07, 6.45) is 4.99. The number of aromatic nitrogens is 1. The van der Waals surface area contributed by atoms with Crippen LogP contribution in [0.4, 0.5) is 5.82 Å². The number of piperazine rings is 1. The van der Waals surface area contributed by atoms with Gasteiger partial charge in [-0.15, -0.1) is 0 Å². The first-order valence-corrected chi connectivity index (χ1v) is 10.7. The summed E-state index contributed by atoms with van der Waals surface area (Å²) in [5, 5.41) is 5.72. The van der Waals surface area contributed by atoms with Crippen molar-refractivity contribution in [1.29, 1.82) is 0 Å². The highest BCUT2D eigenvalue weighted by atomic mass is 16.2. The average molecular weight is 422 g/mol. The molecule has 164 valence electrons. The van der Waals surface area contributed by atoms with Gasteiger partial charge in [0.15, 0.2) is 0 Å². The van der Waals surface area contributed by atoms with Gasteiger partial charge in [-0.3, -0.25) is 14.5 Å². The lowest BCUT2D eigenvalue weighted by Crippen LogP contribution is -2.53. The Hall–Kier alpha value is -3.19. The maximum atomic E-state index is 12.5. The van der Waals surface area contributed by atoms with Gasteiger partial charge in [0.05, 0.1) is 0 Å². The van der Waals surface area contributed by atoms with Crippen LogP contribution in [0.1, 0.15) is 19.4 Å². The minimum absolute atomic E-state index is 0.00638. The van der Waals surface area contributed by atoms with Crippen molar-refractivity contribution in [2.75, 3.05) is 37.6 Å². The van der Waals surface area contributed by atoms with Crippen LogP contribution in [0.3, 0.4) is 0 Å². The molecule has 2 aromatic rings. The predicted octanol–water partition coefficient (Wildman–Crippen LogP) is 1.93. The van der Waals surface area contributed by atoms with E-state index in [1.54, 1.807) is 13.0 Å². The molecule has 0 radical (unpaired) electrons. The highest BCUT2D eigenvalue weighted by Gasteiger charge is 2.21. The minimum Gasteiger partial charge on any atom is -0.354 e. The molecular formula is C24H31N5O2. The van der Waals surface area contributed by atoms with Crippen LogP contribution in [0.2, 0.25) is 0 Å². The topological polar surface area (TPSA) is 77.6 Å². The zero-order valence-corrected chi connectivity index (χ0v) is 18.2. The molecule has 1 aromatic heterocycles. The molecule has 2 amide bonds. The van der Waals surface area contributed by atoms with Crippen LogP contribution in [0.5, 0.6) is 0 Å². The smallest absolute Gasteiger partial charge is 0.244 e. The fraction of sp³-hybridized carbons (Fsp3) is 0.375. The number of benzene rings is 1. The number of nitrogens with zero attached hydrogens (tertiary/aromatic N) is 3. The Labute approximate surface area is 184 Å². The van der Waals surface area contributed by atoms with Gasteiger partial charge in [-0.25, -0.2) is 4.98 Å². The molecule has 0 bridgehead atoms. The Morgan fingerprint density at radius 2 is 1.71 bits per heavy atom. The van der Waals surface area contributed by atoms with E-state index in [2.05, 4.69) is 25.4 Å². The number of hydrogen-bond donors (Lipinski definition) is 2. The van der Waals surface area contributed by atoms with Crippen LogP contribution >= 0.6 is 0 Å². The summed E-state index contributed by atoms with van der Waals surface area (Å²) in [5.41, 5.74) is 0.937. The van der Waals surface area contributed by atoms with Gasteiger partial charge in [0.2, 0.25) is 11.8 Å². The summed E-state index contributed by atoms with van der Waals surface area (Å²) in [6.45, 7) is 8.14. The molecule has 1 fully saturated rings. The lowest BCUT2D eigenvalue weighted by atomic mass is 10.2. The van der Waals surface area contributed by atoms with E-state index in [-0.39, 0.29) is 17.9 Å². The second-order valence-corrected chi connectivity index (χ2v) is 7.86.